The second-order valence-corrected chi connectivity index (χ2v) is 7.21. The molecule has 0 aliphatic carbocycles. The van der Waals surface area contributed by atoms with Crippen molar-refractivity contribution < 1.29 is 4.79 Å². The molecule has 0 bridgehead atoms. The molecule has 1 N–H and O–H groups in total. The highest BCUT2D eigenvalue weighted by atomic mass is 35.5. The molecule has 3 rings (SSSR count). The van der Waals surface area contributed by atoms with Crippen molar-refractivity contribution in [3.63, 3.8) is 0 Å². The van der Waals surface area contributed by atoms with Gasteiger partial charge in [0.05, 0.1) is 22.2 Å². The van der Waals surface area contributed by atoms with E-state index in [4.69, 9.17) is 11.6 Å². The summed E-state index contributed by atoms with van der Waals surface area (Å²) in [5, 5.41) is 4.51. The van der Waals surface area contributed by atoms with Crippen LogP contribution in [0.2, 0.25) is 5.02 Å². The summed E-state index contributed by atoms with van der Waals surface area (Å²) < 4.78 is 1.99. The van der Waals surface area contributed by atoms with E-state index in [1.54, 1.807) is 17.4 Å². The molecule has 7 heteroatoms. The van der Waals surface area contributed by atoms with Gasteiger partial charge >= 0.3 is 0 Å². The Bertz CT molecular complexity index is 830. The SMILES string of the molecule is O=C(CSc1nc2ccccc2s1)N/N=C/c1ccccc1Cl. The number of nitrogens with one attached hydrogen (secondary N) is 1. The quantitative estimate of drug-likeness (QED) is 0.421. The fourth-order valence-corrected chi connectivity index (χ4v) is 3.87. The van der Waals surface area contributed by atoms with Crippen LogP contribution in [-0.2, 0) is 4.79 Å². The first-order chi connectivity index (χ1) is 11.2. The molecule has 0 saturated carbocycles. The summed E-state index contributed by atoms with van der Waals surface area (Å²) in [4.78, 5) is 16.3. The van der Waals surface area contributed by atoms with Crippen molar-refractivity contribution in [2.45, 2.75) is 4.34 Å². The van der Waals surface area contributed by atoms with Gasteiger partial charge in [-0.2, -0.15) is 5.10 Å². The number of hydrazone groups is 1. The molecule has 0 saturated heterocycles. The van der Waals surface area contributed by atoms with Gasteiger partial charge in [0, 0.05) is 10.6 Å². The average molecular weight is 362 g/mol. The van der Waals surface area contributed by atoms with E-state index in [2.05, 4.69) is 15.5 Å². The van der Waals surface area contributed by atoms with Crippen molar-refractivity contribution in [1.29, 1.82) is 0 Å². The van der Waals surface area contributed by atoms with E-state index in [9.17, 15) is 4.79 Å². The number of thiazole rings is 1. The average Bonchev–Trinajstić information content (AvgIpc) is 2.98. The van der Waals surface area contributed by atoms with Crippen LogP contribution in [0, 0.1) is 0 Å². The number of thioether (sulfide) groups is 1. The number of para-hydroxylation sites is 1. The summed E-state index contributed by atoms with van der Waals surface area (Å²) in [5.41, 5.74) is 4.20. The second kappa shape index (κ2) is 7.59. The zero-order valence-corrected chi connectivity index (χ0v) is 14.3. The molecule has 116 valence electrons. The van der Waals surface area contributed by atoms with E-state index < -0.39 is 0 Å². The first-order valence-corrected chi connectivity index (χ1v) is 8.95. The molecule has 4 nitrogen and oxygen atoms in total. The van der Waals surface area contributed by atoms with Gasteiger partial charge in [-0.05, 0) is 18.2 Å². The van der Waals surface area contributed by atoms with Crippen LogP contribution in [0.4, 0.5) is 0 Å². The van der Waals surface area contributed by atoms with Gasteiger partial charge in [-0.1, -0.05) is 53.7 Å². The van der Waals surface area contributed by atoms with E-state index >= 15 is 0 Å². The molecule has 0 aliphatic heterocycles. The Morgan fingerprint density at radius 3 is 2.87 bits per heavy atom. The van der Waals surface area contributed by atoms with Crippen molar-refractivity contribution >= 4 is 57.0 Å². The molecule has 0 atom stereocenters. The largest absolute Gasteiger partial charge is 0.272 e. The van der Waals surface area contributed by atoms with Gasteiger partial charge in [-0.25, -0.2) is 10.4 Å². The van der Waals surface area contributed by atoms with Crippen LogP contribution in [0.15, 0.2) is 58.0 Å². The van der Waals surface area contributed by atoms with Crippen molar-refractivity contribution in [2.75, 3.05) is 5.75 Å². The number of nitrogens with zero attached hydrogens (tertiary/aromatic N) is 2. The van der Waals surface area contributed by atoms with E-state index in [0.717, 1.165) is 20.1 Å². The lowest BCUT2D eigenvalue weighted by atomic mass is 10.2. The molecule has 3 aromatic rings. The van der Waals surface area contributed by atoms with Crippen LogP contribution in [0.3, 0.4) is 0 Å². The molecule has 0 radical (unpaired) electrons. The highest BCUT2D eigenvalue weighted by Crippen LogP contribution is 2.28. The summed E-state index contributed by atoms with van der Waals surface area (Å²) >= 11 is 8.98. The Balaban J connectivity index is 1.52. The van der Waals surface area contributed by atoms with Crippen molar-refractivity contribution in [3.8, 4) is 0 Å². The van der Waals surface area contributed by atoms with E-state index in [1.807, 2.05) is 42.5 Å². The summed E-state index contributed by atoms with van der Waals surface area (Å²) in [6.07, 6.45) is 1.53. The molecule has 2 aromatic carbocycles. The lowest BCUT2D eigenvalue weighted by Crippen LogP contribution is -2.19. The van der Waals surface area contributed by atoms with Crippen LogP contribution >= 0.6 is 34.7 Å². The van der Waals surface area contributed by atoms with Crippen molar-refractivity contribution in [1.82, 2.24) is 10.4 Å². The Labute approximate surface area is 146 Å². The summed E-state index contributed by atoms with van der Waals surface area (Å²) in [7, 11) is 0. The number of carbonyl (C=O) groups is 1. The zero-order chi connectivity index (χ0) is 16.1. The summed E-state index contributed by atoms with van der Waals surface area (Å²) in [6.45, 7) is 0. The van der Waals surface area contributed by atoms with E-state index in [-0.39, 0.29) is 11.7 Å². The number of benzene rings is 2. The number of aromatic nitrogens is 1. The first kappa shape index (κ1) is 16.0. The highest BCUT2D eigenvalue weighted by molar-refractivity contribution is 8.01. The fourth-order valence-electron chi connectivity index (χ4n) is 1.83. The maximum absolute atomic E-state index is 11.8. The monoisotopic (exact) mass is 361 g/mol. The van der Waals surface area contributed by atoms with Crippen molar-refractivity contribution in [2.24, 2.45) is 5.10 Å². The van der Waals surface area contributed by atoms with Crippen molar-refractivity contribution in [3.05, 3.63) is 59.1 Å². The molecule has 0 aliphatic rings. The third-order valence-corrected chi connectivity index (χ3v) is 5.42. The van der Waals surface area contributed by atoms with Gasteiger partial charge in [-0.15, -0.1) is 11.3 Å². The third kappa shape index (κ3) is 4.31. The Hall–Kier alpha value is -1.89. The molecular formula is C16H12ClN3OS2. The topological polar surface area (TPSA) is 54.4 Å². The summed E-state index contributed by atoms with van der Waals surface area (Å²) in [6, 6.07) is 15.2. The number of amides is 1. The maximum atomic E-state index is 11.8. The number of carbonyl (C=O) groups excluding carboxylic acids is 1. The fraction of sp³-hybridized carbons (Fsp3) is 0.0625. The van der Waals surface area contributed by atoms with Gasteiger partial charge in [0.15, 0.2) is 4.34 Å². The minimum atomic E-state index is -0.183. The molecule has 1 aromatic heterocycles. The van der Waals surface area contributed by atoms with Gasteiger partial charge < -0.3 is 0 Å². The standard InChI is InChI=1S/C16H12ClN3OS2/c17-12-6-2-1-5-11(12)9-18-20-15(21)10-22-16-19-13-7-3-4-8-14(13)23-16/h1-9H,10H2,(H,20,21)/b18-9+. The normalized spacial score (nSPS) is 11.2. The number of fused-ring (bicyclic) bond motifs is 1. The lowest BCUT2D eigenvalue weighted by molar-refractivity contribution is -0.118. The third-order valence-electron chi connectivity index (χ3n) is 2.90. The van der Waals surface area contributed by atoms with E-state index in [1.165, 1.54) is 18.0 Å². The highest BCUT2D eigenvalue weighted by Gasteiger charge is 2.06. The number of rotatable bonds is 5. The smallest absolute Gasteiger partial charge is 0.250 e. The number of hydrogen-bond donors (Lipinski definition) is 1. The lowest BCUT2D eigenvalue weighted by Gasteiger charge is -1.98. The van der Waals surface area contributed by atoms with Crippen LogP contribution < -0.4 is 5.43 Å². The number of halogens is 1. The minimum absolute atomic E-state index is 0.183. The predicted molar refractivity (Wildman–Crippen MR) is 97.5 cm³/mol. The second-order valence-electron chi connectivity index (χ2n) is 4.55. The molecule has 0 spiro atoms. The van der Waals surface area contributed by atoms with Gasteiger partial charge in [0.1, 0.15) is 0 Å². The van der Waals surface area contributed by atoms with Crippen LogP contribution in [0.5, 0.6) is 0 Å². The maximum Gasteiger partial charge on any atom is 0.250 e. The predicted octanol–water partition coefficient (Wildman–Crippen LogP) is 4.19. The first-order valence-electron chi connectivity index (χ1n) is 6.77. The Morgan fingerprint density at radius 2 is 2.04 bits per heavy atom. The van der Waals surface area contributed by atoms with Crippen LogP contribution in [0.1, 0.15) is 5.56 Å². The number of hydrogen-bond acceptors (Lipinski definition) is 5. The van der Waals surface area contributed by atoms with E-state index in [0.29, 0.717) is 5.02 Å². The molecule has 23 heavy (non-hydrogen) atoms. The Kier molecular flexibility index (Phi) is 5.27. The van der Waals surface area contributed by atoms with Crippen LogP contribution in [0.25, 0.3) is 10.2 Å². The molecular weight excluding hydrogens is 350 g/mol. The molecule has 0 unspecified atom stereocenters. The summed E-state index contributed by atoms with van der Waals surface area (Å²) in [5.74, 6) is 0.0808. The van der Waals surface area contributed by atoms with Gasteiger partial charge in [0.2, 0.25) is 0 Å². The molecule has 1 heterocycles. The van der Waals surface area contributed by atoms with Gasteiger partial charge in [0.25, 0.3) is 5.91 Å². The van der Waals surface area contributed by atoms with Crippen LogP contribution in [-0.4, -0.2) is 22.9 Å². The Morgan fingerprint density at radius 1 is 1.26 bits per heavy atom. The zero-order valence-electron chi connectivity index (χ0n) is 11.9. The molecule has 1 amide bonds. The van der Waals surface area contributed by atoms with Gasteiger partial charge in [-0.3, -0.25) is 4.79 Å². The minimum Gasteiger partial charge on any atom is -0.272 e. The molecule has 0 fully saturated rings.